The molecule has 0 amide bonds. The predicted molar refractivity (Wildman–Crippen MR) is 144 cm³/mol. The molecule has 0 atom stereocenters. The van der Waals surface area contributed by atoms with Gasteiger partial charge in [0.15, 0.2) is 0 Å². The number of hydrogen-bond acceptors (Lipinski definition) is 5. The van der Waals surface area contributed by atoms with Gasteiger partial charge in [-0.25, -0.2) is 4.39 Å². The van der Waals surface area contributed by atoms with Gasteiger partial charge in [0.2, 0.25) is 0 Å². The number of carboxylic acid groups (broad SMARTS) is 1. The van der Waals surface area contributed by atoms with Gasteiger partial charge < -0.3 is 14.4 Å². The molecule has 2 aromatic heterocycles. The summed E-state index contributed by atoms with van der Waals surface area (Å²) in [6.07, 6.45) is 10.3. The molecule has 0 saturated heterocycles. The third-order valence-corrected chi connectivity index (χ3v) is 9.00. The number of hydrogen-bond donors (Lipinski definition) is 1. The average molecular weight is 569 g/mol. The lowest BCUT2D eigenvalue weighted by Gasteiger charge is -2.51. The molecule has 4 aliphatic rings. The Bertz CT molecular complexity index is 1460. The number of pyridine rings is 1. The van der Waals surface area contributed by atoms with Gasteiger partial charge in [0.05, 0.1) is 28.7 Å². The third kappa shape index (κ3) is 5.30. The molecular weight excluding hydrogens is 542 g/mol. The van der Waals surface area contributed by atoms with Crippen molar-refractivity contribution in [3.8, 4) is 23.1 Å². The first kappa shape index (κ1) is 26.3. The molecule has 7 rings (SSSR count). The van der Waals surface area contributed by atoms with Gasteiger partial charge in [0, 0.05) is 40.4 Å². The number of fused-ring (bicyclic) bond motifs is 3. The van der Waals surface area contributed by atoms with Crippen molar-refractivity contribution in [1.29, 1.82) is 0 Å². The lowest BCUT2D eigenvalue weighted by Crippen LogP contribution is -2.47. The average Bonchev–Trinajstić information content (AvgIpc) is 3.69. The van der Waals surface area contributed by atoms with Gasteiger partial charge in [-0.15, -0.1) is 0 Å². The van der Waals surface area contributed by atoms with Crippen LogP contribution in [0.3, 0.4) is 0 Å². The van der Waals surface area contributed by atoms with Crippen molar-refractivity contribution in [1.82, 2.24) is 10.1 Å². The maximum absolute atomic E-state index is 14.3. The first-order valence-corrected chi connectivity index (χ1v) is 14.0. The number of halogens is 3. The van der Waals surface area contributed by atoms with Crippen LogP contribution in [0.2, 0.25) is 10.0 Å². The molecule has 2 bridgehead atoms. The first-order chi connectivity index (χ1) is 18.8. The van der Waals surface area contributed by atoms with Crippen LogP contribution in [0.1, 0.15) is 79.7 Å². The molecular formula is C30H27Cl2FN2O4. The van der Waals surface area contributed by atoms with Gasteiger partial charge in [0.1, 0.15) is 17.3 Å². The summed E-state index contributed by atoms with van der Waals surface area (Å²) in [6, 6.07) is 4.53. The van der Waals surface area contributed by atoms with Crippen LogP contribution >= 0.6 is 23.2 Å². The summed E-state index contributed by atoms with van der Waals surface area (Å²) >= 11 is 12.9. The van der Waals surface area contributed by atoms with E-state index in [1.165, 1.54) is 12.1 Å². The lowest BCUT2D eigenvalue weighted by molar-refractivity contribution is -0.136. The number of benzene rings is 1. The van der Waals surface area contributed by atoms with Crippen molar-refractivity contribution in [3.63, 3.8) is 0 Å². The fourth-order valence-corrected chi connectivity index (χ4v) is 6.42. The predicted octanol–water partition coefficient (Wildman–Crippen LogP) is 7.35. The summed E-state index contributed by atoms with van der Waals surface area (Å²) in [7, 11) is 0. The van der Waals surface area contributed by atoms with Gasteiger partial charge in [0.25, 0.3) is 0 Å². The van der Waals surface area contributed by atoms with E-state index in [4.69, 9.17) is 37.6 Å². The van der Waals surface area contributed by atoms with Gasteiger partial charge in [-0.2, -0.15) is 0 Å². The van der Waals surface area contributed by atoms with E-state index in [9.17, 15) is 9.18 Å². The third-order valence-electron chi connectivity index (χ3n) is 8.42. The van der Waals surface area contributed by atoms with Crippen LogP contribution in [0.15, 0.2) is 35.1 Å². The minimum atomic E-state index is -1.06. The smallest absolute Gasteiger partial charge is 0.307 e. The Morgan fingerprint density at radius 1 is 1.13 bits per heavy atom. The Kier molecular flexibility index (Phi) is 6.91. The second-order valence-corrected chi connectivity index (χ2v) is 11.8. The molecule has 4 saturated carbocycles. The van der Waals surface area contributed by atoms with Gasteiger partial charge >= 0.3 is 5.97 Å². The zero-order valence-electron chi connectivity index (χ0n) is 21.2. The van der Waals surface area contributed by atoms with Crippen molar-refractivity contribution in [2.75, 3.05) is 0 Å². The molecule has 3 aromatic rings. The standard InChI is InChI=1S/C30H27Cl2FN2O4/c31-22-15-34-16-23(32)26(22)27-21(28(39-35-27)19-3-4-19)17-38-30-10-7-29(8-11-30,9-12-30)6-5-18-1-2-20(14-25(36)37)24(33)13-18/h1-2,13,15-16,19H,3-4,7-12,14,17H2,(H,36,37). The van der Waals surface area contributed by atoms with Crippen molar-refractivity contribution >= 4 is 29.2 Å². The van der Waals surface area contributed by atoms with Gasteiger partial charge in [-0.3, -0.25) is 9.78 Å². The Hall–Kier alpha value is -2.92. The van der Waals surface area contributed by atoms with Crippen molar-refractivity contribution in [2.24, 2.45) is 5.41 Å². The van der Waals surface area contributed by atoms with E-state index in [0.717, 1.165) is 62.7 Å². The molecule has 0 unspecified atom stereocenters. The Balaban J connectivity index is 1.16. The topological polar surface area (TPSA) is 85.5 Å². The number of carboxylic acids is 1. The number of ether oxygens (including phenoxy) is 1. The van der Waals surface area contributed by atoms with Crippen LogP contribution in [-0.4, -0.2) is 26.8 Å². The van der Waals surface area contributed by atoms with E-state index in [-0.39, 0.29) is 23.0 Å². The Morgan fingerprint density at radius 3 is 2.44 bits per heavy atom. The van der Waals surface area contributed by atoms with Gasteiger partial charge in [-0.1, -0.05) is 46.3 Å². The number of nitrogens with zero attached hydrogens (tertiary/aromatic N) is 2. The largest absolute Gasteiger partial charge is 0.481 e. The van der Waals surface area contributed by atoms with Crippen LogP contribution < -0.4 is 0 Å². The molecule has 4 fully saturated rings. The maximum Gasteiger partial charge on any atom is 0.307 e. The number of aliphatic carboxylic acids is 1. The van der Waals surface area contributed by atoms with Crippen molar-refractivity contribution in [3.05, 3.63) is 68.9 Å². The second-order valence-electron chi connectivity index (χ2n) is 11.0. The minimum absolute atomic E-state index is 0.110. The summed E-state index contributed by atoms with van der Waals surface area (Å²) in [5.41, 5.74) is 2.55. The fourth-order valence-electron chi connectivity index (χ4n) is 5.88. The molecule has 4 aliphatic carbocycles. The molecule has 6 nitrogen and oxygen atoms in total. The monoisotopic (exact) mass is 568 g/mol. The molecule has 0 radical (unpaired) electrons. The van der Waals surface area contributed by atoms with E-state index >= 15 is 0 Å². The summed E-state index contributed by atoms with van der Waals surface area (Å²) in [4.78, 5) is 15.0. The molecule has 202 valence electrons. The summed E-state index contributed by atoms with van der Waals surface area (Å²) in [5.74, 6) is 6.21. The van der Waals surface area contributed by atoms with E-state index < -0.39 is 11.8 Å². The maximum atomic E-state index is 14.3. The van der Waals surface area contributed by atoms with Crippen molar-refractivity contribution < 1.29 is 23.6 Å². The number of carbonyl (C=O) groups is 1. The Morgan fingerprint density at radius 2 is 1.82 bits per heavy atom. The zero-order valence-corrected chi connectivity index (χ0v) is 22.7. The van der Waals surface area contributed by atoms with Crippen LogP contribution in [0.5, 0.6) is 0 Å². The highest BCUT2D eigenvalue weighted by Gasteiger charge is 2.49. The fraction of sp³-hybridized carbons (Fsp3) is 0.433. The van der Waals surface area contributed by atoms with Crippen LogP contribution in [0, 0.1) is 23.1 Å². The minimum Gasteiger partial charge on any atom is -0.481 e. The molecule has 2 heterocycles. The second kappa shape index (κ2) is 10.2. The zero-order chi connectivity index (χ0) is 27.2. The highest BCUT2D eigenvalue weighted by molar-refractivity contribution is 6.38. The summed E-state index contributed by atoms with van der Waals surface area (Å²) in [6.45, 7) is 0.375. The highest BCUT2D eigenvalue weighted by atomic mass is 35.5. The molecule has 1 aromatic carbocycles. The number of aromatic nitrogens is 2. The quantitative estimate of drug-likeness (QED) is 0.300. The summed E-state index contributed by atoms with van der Waals surface area (Å²) in [5, 5.41) is 14.1. The van der Waals surface area contributed by atoms with Gasteiger partial charge in [-0.05, 0) is 69.1 Å². The van der Waals surface area contributed by atoms with E-state index in [1.54, 1.807) is 18.5 Å². The molecule has 0 spiro atoms. The van der Waals surface area contributed by atoms with E-state index in [0.29, 0.717) is 39.4 Å². The van der Waals surface area contributed by atoms with Crippen LogP contribution in [0.4, 0.5) is 4.39 Å². The number of rotatable bonds is 7. The van der Waals surface area contributed by atoms with Crippen molar-refractivity contribution in [2.45, 2.75) is 75.9 Å². The normalized spacial score (nSPS) is 23.9. The van der Waals surface area contributed by atoms with Crippen LogP contribution in [0.25, 0.3) is 11.3 Å². The van der Waals surface area contributed by atoms with E-state index in [1.807, 2.05) is 0 Å². The van der Waals surface area contributed by atoms with Crippen LogP contribution in [-0.2, 0) is 22.6 Å². The first-order valence-electron chi connectivity index (χ1n) is 13.2. The molecule has 1 N–H and O–H groups in total. The Labute approximate surface area is 235 Å². The molecule has 9 heteroatoms. The van der Waals surface area contributed by atoms with E-state index in [2.05, 4.69) is 22.0 Å². The molecule has 0 aliphatic heterocycles. The SMILES string of the molecule is O=C(O)Cc1ccc(C#CC23CCC(OCc4c(-c5c(Cl)cncc5Cl)noc4C4CC4)(CC2)CC3)cc1F. The molecule has 39 heavy (non-hydrogen) atoms. The highest BCUT2D eigenvalue weighted by Crippen LogP contribution is 2.54. The lowest BCUT2D eigenvalue weighted by atomic mass is 9.59. The summed E-state index contributed by atoms with van der Waals surface area (Å²) < 4.78 is 26.8.